The molecule has 0 bridgehead atoms. The highest BCUT2D eigenvalue weighted by Gasteiger charge is 2.27. The second-order valence-electron chi connectivity index (χ2n) is 9.41. The first-order valence-electron chi connectivity index (χ1n) is 12.5. The van der Waals surface area contributed by atoms with E-state index >= 15 is 0 Å². The Labute approximate surface area is 223 Å². The third-order valence-corrected chi connectivity index (χ3v) is 6.11. The number of carboxylic acid groups (broad SMARTS) is 1. The number of carboxylic acids is 1. The van der Waals surface area contributed by atoms with Crippen LogP contribution < -0.4 is 24.8 Å². The van der Waals surface area contributed by atoms with E-state index in [1.165, 1.54) is 21.3 Å². The lowest BCUT2D eigenvalue weighted by atomic mass is 10.0. The van der Waals surface area contributed by atoms with Crippen LogP contribution in [0.15, 0.2) is 66.7 Å². The molecular formula is C30H36N2O6. The second kappa shape index (κ2) is 13.4. The number of hydrogen-bond donors (Lipinski definition) is 3. The van der Waals surface area contributed by atoms with Crippen LogP contribution in [0.25, 0.3) is 11.1 Å². The van der Waals surface area contributed by atoms with E-state index in [1.54, 1.807) is 12.1 Å². The minimum atomic E-state index is -1.07. The molecule has 8 heteroatoms. The summed E-state index contributed by atoms with van der Waals surface area (Å²) in [6.45, 7) is 3.84. The van der Waals surface area contributed by atoms with E-state index in [1.807, 2.05) is 68.4 Å². The van der Waals surface area contributed by atoms with E-state index in [2.05, 4.69) is 10.6 Å². The maximum atomic E-state index is 13.5. The molecule has 0 aliphatic carbocycles. The van der Waals surface area contributed by atoms with Gasteiger partial charge < -0.3 is 30.0 Å². The summed E-state index contributed by atoms with van der Waals surface area (Å²) in [6.07, 6.45) is 0.563. The van der Waals surface area contributed by atoms with E-state index in [0.29, 0.717) is 23.7 Å². The summed E-state index contributed by atoms with van der Waals surface area (Å²) in [5, 5.41) is 15.8. The summed E-state index contributed by atoms with van der Waals surface area (Å²) < 4.78 is 16.4. The molecule has 202 valence electrons. The van der Waals surface area contributed by atoms with Crippen LogP contribution in [0, 0.1) is 5.92 Å². The first-order valence-corrected chi connectivity index (χ1v) is 12.5. The molecule has 0 saturated heterocycles. The summed E-state index contributed by atoms with van der Waals surface area (Å²) in [7, 11) is 4.59. The van der Waals surface area contributed by atoms with Crippen molar-refractivity contribution in [3.63, 3.8) is 0 Å². The lowest BCUT2D eigenvalue weighted by Gasteiger charge is -2.24. The lowest BCUT2D eigenvalue weighted by molar-refractivity contribution is -0.142. The average molecular weight is 521 g/mol. The number of nitrogens with one attached hydrogen (secondary N) is 2. The van der Waals surface area contributed by atoms with Gasteiger partial charge in [-0.05, 0) is 53.3 Å². The van der Waals surface area contributed by atoms with Gasteiger partial charge in [0.15, 0.2) is 11.5 Å². The molecule has 0 heterocycles. The first kappa shape index (κ1) is 28.4. The molecule has 0 aliphatic heterocycles. The minimum absolute atomic E-state index is 0.0977. The number of ether oxygens (including phenoxy) is 3. The van der Waals surface area contributed by atoms with Crippen LogP contribution in [-0.4, -0.2) is 50.4 Å². The number of benzene rings is 3. The summed E-state index contributed by atoms with van der Waals surface area (Å²) in [6, 6.07) is 19.5. The molecule has 0 aromatic heterocycles. The van der Waals surface area contributed by atoms with Crippen molar-refractivity contribution in [3.8, 4) is 28.4 Å². The molecule has 3 aromatic carbocycles. The zero-order chi connectivity index (χ0) is 27.7. The first-order chi connectivity index (χ1) is 18.2. The van der Waals surface area contributed by atoms with Gasteiger partial charge in [0, 0.05) is 12.1 Å². The van der Waals surface area contributed by atoms with Crippen molar-refractivity contribution >= 4 is 17.6 Å². The summed E-state index contributed by atoms with van der Waals surface area (Å²) in [5.74, 6) is -0.00111. The van der Waals surface area contributed by atoms with Gasteiger partial charge in [0.25, 0.3) is 0 Å². The van der Waals surface area contributed by atoms with E-state index in [0.717, 1.165) is 22.4 Å². The molecule has 0 radical (unpaired) electrons. The maximum Gasteiger partial charge on any atom is 0.326 e. The number of anilines is 1. The van der Waals surface area contributed by atoms with Gasteiger partial charge in [-0.2, -0.15) is 0 Å². The van der Waals surface area contributed by atoms with Crippen molar-refractivity contribution in [2.24, 2.45) is 5.92 Å². The number of carbonyl (C=O) groups is 2. The Balaban J connectivity index is 1.96. The summed E-state index contributed by atoms with van der Waals surface area (Å²) in [5.41, 5.74) is 3.52. The van der Waals surface area contributed by atoms with Gasteiger partial charge >= 0.3 is 5.97 Å². The van der Waals surface area contributed by atoms with Crippen molar-refractivity contribution in [1.29, 1.82) is 0 Å². The second-order valence-corrected chi connectivity index (χ2v) is 9.41. The molecule has 0 spiro atoms. The Bertz CT molecular complexity index is 1200. The smallest absolute Gasteiger partial charge is 0.326 e. The fourth-order valence-corrected chi connectivity index (χ4v) is 4.28. The van der Waals surface area contributed by atoms with E-state index < -0.39 is 24.0 Å². The van der Waals surface area contributed by atoms with E-state index in [-0.39, 0.29) is 12.3 Å². The van der Waals surface area contributed by atoms with Crippen LogP contribution in [0.4, 0.5) is 5.69 Å². The van der Waals surface area contributed by atoms with Crippen molar-refractivity contribution in [2.45, 2.75) is 38.8 Å². The molecule has 0 unspecified atom stereocenters. The molecule has 38 heavy (non-hydrogen) atoms. The van der Waals surface area contributed by atoms with Gasteiger partial charge in [-0.15, -0.1) is 0 Å². The van der Waals surface area contributed by atoms with Gasteiger partial charge in [-0.3, -0.25) is 4.79 Å². The van der Waals surface area contributed by atoms with Crippen molar-refractivity contribution < 1.29 is 28.9 Å². The summed E-state index contributed by atoms with van der Waals surface area (Å²) in [4.78, 5) is 25.4. The Hall–Kier alpha value is -4.20. The maximum absolute atomic E-state index is 13.5. The number of hydrogen-bond acceptors (Lipinski definition) is 6. The third kappa shape index (κ3) is 7.41. The van der Waals surface area contributed by atoms with Crippen LogP contribution in [0.3, 0.4) is 0 Å². The fraction of sp³-hybridized carbons (Fsp3) is 0.333. The normalized spacial score (nSPS) is 12.4. The largest absolute Gasteiger partial charge is 0.493 e. The minimum Gasteiger partial charge on any atom is -0.493 e. The topological polar surface area (TPSA) is 106 Å². The van der Waals surface area contributed by atoms with Crippen LogP contribution >= 0.6 is 0 Å². The number of rotatable bonds is 13. The molecule has 3 rings (SSSR count). The van der Waals surface area contributed by atoms with Crippen molar-refractivity contribution in [2.75, 3.05) is 26.6 Å². The Morgan fingerprint density at radius 2 is 1.45 bits per heavy atom. The van der Waals surface area contributed by atoms with E-state index in [9.17, 15) is 14.7 Å². The number of carbonyl (C=O) groups excluding carboxylic acids is 1. The highest BCUT2D eigenvalue weighted by atomic mass is 16.5. The van der Waals surface area contributed by atoms with Gasteiger partial charge in [-0.1, -0.05) is 56.3 Å². The molecule has 2 atom stereocenters. The van der Waals surface area contributed by atoms with Crippen LogP contribution in [0.5, 0.6) is 17.2 Å². The number of aliphatic carboxylic acids is 1. The van der Waals surface area contributed by atoms with Crippen LogP contribution in [0.1, 0.15) is 25.8 Å². The molecule has 0 aliphatic rings. The number of amides is 1. The Morgan fingerprint density at radius 3 is 2.00 bits per heavy atom. The van der Waals surface area contributed by atoms with Crippen molar-refractivity contribution in [1.82, 2.24) is 5.32 Å². The van der Waals surface area contributed by atoms with Gasteiger partial charge in [0.05, 0.1) is 21.3 Å². The zero-order valence-corrected chi connectivity index (χ0v) is 22.5. The van der Waals surface area contributed by atoms with Crippen LogP contribution in [0.2, 0.25) is 0 Å². The van der Waals surface area contributed by atoms with Crippen molar-refractivity contribution in [3.05, 3.63) is 72.3 Å². The third-order valence-electron chi connectivity index (χ3n) is 6.11. The highest BCUT2D eigenvalue weighted by Crippen LogP contribution is 2.38. The monoisotopic (exact) mass is 520 g/mol. The predicted molar refractivity (Wildman–Crippen MR) is 148 cm³/mol. The SMILES string of the molecule is COc1cc(C[C@H](Nc2cccc(-c3ccccc3)c2)C(=O)N[C@@H](CC(C)C)C(=O)O)cc(OC)c1OC. The standard InChI is InChI=1S/C30H36N2O6/c1-19(2)14-25(30(34)35)32-29(33)24(15-20-16-26(36-3)28(38-5)27(17-20)37-4)31-23-13-9-12-22(18-23)21-10-7-6-8-11-21/h6-13,16-19,24-25,31H,14-15H2,1-5H3,(H,32,33)(H,34,35)/t24-,25-/m0/s1. The molecule has 8 nitrogen and oxygen atoms in total. The molecule has 0 saturated carbocycles. The quantitative estimate of drug-likeness (QED) is 0.291. The molecular weight excluding hydrogens is 484 g/mol. The van der Waals surface area contributed by atoms with Gasteiger partial charge in [0.2, 0.25) is 11.7 Å². The highest BCUT2D eigenvalue weighted by molar-refractivity contribution is 5.89. The molecule has 3 aromatic rings. The molecule has 1 amide bonds. The van der Waals surface area contributed by atoms with Crippen LogP contribution in [-0.2, 0) is 16.0 Å². The average Bonchev–Trinajstić information content (AvgIpc) is 2.92. The zero-order valence-electron chi connectivity index (χ0n) is 22.5. The molecule has 0 fully saturated rings. The predicted octanol–water partition coefficient (Wildman–Crippen LogP) is 5.02. The van der Waals surface area contributed by atoms with Gasteiger partial charge in [-0.25, -0.2) is 4.79 Å². The Kier molecular flexibility index (Phi) is 9.99. The van der Waals surface area contributed by atoms with E-state index in [4.69, 9.17) is 14.2 Å². The Morgan fingerprint density at radius 1 is 0.816 bits per heavy atom. The summed E-state index contributed by atoms with van der Waals surface area (Å²) >= 11 is 0. The lowest BCUT2D eigenvalue weighted by Crippen LogP contribution is -2.49. The molecule has 3 N–H and O–H groups in total. The number of methoxy groups -OCH3 is 3. The van der Waals surface area contributed by atoms with Gasteiger partial charge in [0.1, 0.15) is 12.1 Å². The fourth-order valence-electron chi connectivity index (χ4n) is 4.28.